The van der Waals surface area contributed by atoms with Crippen LogP contribution in [0.1, 0.15) is 344 Å². The first-order valence-electron chi connectivity index (χ1n) is 36.2. The maximum absolute atomic E-state index is 13.0. The fraction of sp³-hybridized carbons (Fsp3) is 0.943. The van der Waals surface area contributed by atoms with Crippen molar-refractivity contribution < 1.29 is 80.2 Å². The summed E-state index contributed by atoms with van der Waals surface area (Å²) >= 11 is 0. The van der Waals surface area contributed by atoms with Crippen molar-refractivity contribution in [2.24, 2.45) is 23.7 Å². The molecule has 0 aliphatic rings. The monoisotopic (exact) mass is 1310 g/mol. The molecular formula is C70H136O17P2. The Balaban J connectivity index is 5.18. The van der Waals surface area contributed by atoms with E-state index >= 15 is 0 Å². The number of phosphoric ester groups is 2. The van der Waals surface area contributed by atoms with Gasteiger partial charge in [0.15, 0.2) is 12.2 Å². The van der Waals surface area contributed by atoms with Gasteiger partial charge >= 0.3 is 39.5 Å². The lowest BCUT2D eigenvalue weighted by Crippen LogP contribution is -2.30. The molecule has 0 aromatic carbocycles. The highest BCUT2D eigenvalue weighted by Crippen LogP contribution is 2.45. The van der Waals surface area contributed by atoms with Crippen LogP contribution in [-0.2, 0) is 65.4 Å². The first-order valence-corrected chi connectivity index (χ1v) is 39.2. The molecule has 6 atom stereocenters. The van der Waals surface area contributed by atoms with Gasteiger partial charge in [-0.15, -0.1) is 0 Å². The van der Waals surface area contributed by atoms with Gasteiger partial charge in [-0.2, -0.15) is 0 Å². The highest BCUT2D eigenvalue weighted by molar-refractivity contribution is 7.47. The molecule has 3 N–H and O–H groups in total. The number of carbonyl (C=O) groups excluding carboxylic acids is 4. The van der Waals surface area contributed by atoms with E-state index in [-0.39, 0.29) is 25.7 Å². The molecule has 0 aliphatic carbocycles. The lowest BCUT2D eigenvalue weighted by Gasteiger charge is -2.21. The van der Waals surface area contributed by atoms with Crippen LogP contribution in [0.2, 0.25) is 0 Å². The van der Waals surface area contributed by atoms with E-state index in [1.807, 2.05) is 0 Å². The summed E-state index contributed by atoms with van der Waals surface area (Å²) < 4.78 is 68.2. The summed E-state index contributed by atoms with van der Waals surface area (Å²) in [6, 6.07) is 0. The van der Waals surface area contributed by atoms with Crippen molar-refractivity contribution >= 4 is 39.5 Å². The Morgan fingerprint density at radius 1 is 0.315 bits per heavy atom. The minimum atomic E-state index is -4.95. The van der Waals surface area contributed by atoms with Gasteiger partial charge in [0, 0.05) is 25.7 Å². The first kappa shape index (κ1) is 87.1. The number of hydrogen-bond acceptors (Lipinski definition) is 15. The van der Waals surface area contributed by atoms with E-state index in [4.69, 9.17) is 37.0 Å². The summed E-state index contributed by atoms with van der Waals surface area (Å²) in [6.07, 6.45) is 42.0. The predicted molar refractivity (Wildman–Crippen MR) is 358 cm³/mol. The molecule has 89 heavy (non-hydrogen) atoms. The minimum absolute atomic E-state index is 0.103. The van der Waals surface area contributed by atoms with Crippen LogP contribution in [0.15, 0.2) is 0 Å². The average molecular weight is 1310 g/mol. The molecular weight excluding hydrogens is 1170 g/mol. The molecule has 17 nitrogen and oxygen atoms in total. The van der Waals surface area contributed by atoms with Crippen LogP contribution in [0.5, 0.6) is 0 Å². The molecule has 0 heterocycles. The minimum Gasteiger partial charge on any atom is -0.462 e. The van der Waals surface area contributed by atoms with Crippen molar-refractivity contribution in [3.63, 3.8) is 0 Å². The number of rotatable bonds is 67. The molecule has 0 saturated carbocycles. The Hall–Kier alpha value is -1.94. The molecule has 0 bridgehead atoms. The van der Waals surface area contributed by atoms with Crippen molar-refractivity contribution in [1.29, 1.82) is 0 Å². The fourth-order valence-corrected chi connectivity index (χ4v) is 12.0. The third-order valence-corrected chi connectivity index (χ3v) is 18.3. The Labute approximate surface area is 543 Å². The third-order valence-electron chi connectivity index (χ3n) is 16.4. The molecule has 0 fully saturated rings. The van der Waals surface area contributed by atoms with E-state index < -0.39 is 97.5 Å². The lowest BCUT2D eigenvalue weighted by atomic mass is 9.99. The van der Waals surface area contributed by atoms with Gasteiger partial charge < -0.3 is 33.8 Å². The smallest absolute Gasteiger partial charge is 0.462 e. The largest absolute Gasteiger partial charge is 0.472 e. The van der Waals surface area contributed by atoms with Crippen LogP contribution in [0.25, 0.3) is 0 Å². The predicted octanol–water partition coefficient (Wildman–Crippen LogP) is 19.7. The summed E-state index contributed by atoms with van der Waals surface area (Å²) in [7, 11) is -9.90. The highest BCUT2D eigenvalue weighted by atomic mass is 31.2. The van der Waals surface area contributed by atoms with Gasteiger partial charge in [0.05, 0.1) is 26.4 Å². The first-order chi connectivity index (χ1) is 42.6. The normalized spacial score (nSPS) is 14.6. The molecule has 528 valence electrons. The Bertz CT molecular complexity index is 1770. The van der Waals surface area contributed by atoms with Crippen molar-refractivity contribution in [3.05, 3.63) is 0 Å². The van der Waals surface area contributed by atoms with Crippen molar-refractivity contribution in [2.75, 3.05) is 39.6 Å². The second kappa shape index (κ2) is 59.8. The van der Waals surface area contributed by atoms with Crippen LogP contribution in [0, 0.1) is 23.7 Å². The summed E-state index contributed by atoms with van der Waals surface area (Å²) in [5.74, 6) is 0.803. The molecule has 0 aromatic rings. The molecule has 0 radical (unpaired) electrons. The Kier molecular flexibility index (Phi) is 58.5. The SMILES string of the molecule is CCC(C)CCCCCCCCCCC(=O)O[C@H](COC(=O)CCCCCCCCC(C)C)COP(=O)(O)OC[C@H](O)COP(=O)(O)OC[C@@H](COC(=O)CCCCCCCCC(C)C)OC(=O)CCCCCCCCCCCCCCCCCCC(C)C. The van der Waals surface area contributed by atoms with E-state index in [9.17, 15) is 43.2 Å². The molecule has 19 heteroatoms. The summed E-state index contributed by atoms with van der Waals surface area (Å²) in [6.45, 7) is 14.0. The summed E-state index contributed by atoms with van der Waals surface area (Å²) in [5.41, 5.74) is 0. The fourth-order valence-electron chi connectivity index (χ4n) is 10.5. The maximum Gasteiger partial charge on any atom is 0.472 e. The van der Waals surface area contributed by atoms with E-state index in [2.05, 4.69) is 55.4 Å². The number of carbonyl (C=O) groups is 4. The maximum atomic E-state index is 13.0. The van der Waals surface area contributed by atoms with Crippen LogP contribution in [-0.4, -0.2) is 96.7 Å². The zero-order chi connectivity index (χ0) is 66.1. The standard InChI is InChI=1S/C70H136O17P2/c1-9-63(8)49-41-33-23-20-21-25-37-45-53-70(75)87-66(57-81-68(73)51-43-35-29-27-32-40-48-62(6)7)59-85-89(78,79)83-55-64(71)54-82-88(76,77)84-58-65(56-80-67(72)50-42-34-28-26-31-39-47-61(4)5)86-69(74)52-44-36-24-19-17-15-13-11-10-12-14-16-18-22-30-38-46-60(2)3/h60-66,71H,9-59H2,1-8H3,(H,76,77)(H,78,79)/t63?,64-,65-,66-/m1/s1. The van der Waals surface area contributed by atoms with Gasteiger partial charge in [0.25, 0.3) is 0 Å². The van der Waals surface area contributed by atoms with Crippen molar-refractivity contribution in [2.45, 2.75) is 363 Å². The summed E-state index contributed by atoms with van der Waals surface area (Å²) in [5, 5.41) is 10.6. The van der Waals surface area contributed by atoms with Gasteiger partial charge in [-0.05, 0) is 49.4 Å². The Morgan fingerprint density at radius 3 is 0.798 bits per heavy atom. The third kappa shape index (κ3) is 63.2. The van der Waals surface area contributed by atoms with Crippen LogP contribution < -0.4 is 0 Å². The van der Waals surface area contributed by atoms with E-state index in [0.717, 1.165) is 115 Å². The van der Waals surface area contributed by atoms with E-state index in [1.165, 1.54) is 135 Å². The Morgan fingerprint density at radius 2 is 0.539 bits per heavy atom. The van der Waals surface area contributed by atoms with Crippen LogP contribution >= 0.6 is 15.6 Å². The number of hydrogen-bond donors (Lipinski definition) is 3. The molecule has 3 unspecified atom stereocenters. The van der Waals surface area contributed by atoms with Crippen molar-refractivity contribution in [1.82, 2.24) is 0 Å². The lowest BCUT2D eigenvalue weighted by molar-refractivity contribution is -0.161. The number of unbranched alkanes of at least 4 members (excludes halogenated alkanes) is 32. The average Bonchev–Trinajstić information content (AvgIpc) is 3.64. The molecule has 0 amide bonds. The molecule has 0 saturated heterocycles. The van der Waals surface area contributed by atoms with Gasteiger partial charge in [-0.25, -0.2) is 9.13 Å². The molecule has 0 aromatic heterocycles. The second-order valence-electron chi connectivity index (χ2n) is 26.9. The topological polar surface area (TPSA) is 237 Å². The molecule has 0 rings (SSSR count). The van der Waals surface area contributed by atoms with Crippen LogP contribution in [0.4, 0.5) is 0 Å². The van der Waals surface area contributed by atoms with Gasteiger partial charge in [-0.3, -0.25) is 37.3 Å². The zero-order valence-electron chi connectivity index (χ0n) is 58.1. The van der Waals surface area contributed by atoms with Gasteiger partial charge in [0.2, 0.25) is 0 Å². The molecule has 0 aliphatic heterocycles. The van der Waals surface area contributed by atoms with Gasteiger partial charge in [-0.1, -0.05) is 293 Å². The number of phosphoric acid groups is 2. The van der Waals surface area contributed by atoms with Gasteiger partial charge in [0.1, 0.15) is 19.3 Å². The molecule has 0 spiro atoms. The summed E-state index contributed by atoms with van der Waals surface area (Å²) in [4.78, 5) is 72.4. The quantitative estimate of drug-likeness (QED) is 0.0222. The van der Waals surface area contributed by atoms with Crippen molar-refractivity contribution in [3.8, 4) is 0 Å². The number of ether oxygens (including phenoxy) is 4. The van der Waals surface area contributed by atoms with Crippen LogP contribution in [0.3, 0.4) is 0 Å². The number of aliphatic hydroxyl groups is 1. The second-order valence-corrected chi connectivity index (χ2v) is 29.8. The number of aliphatic hydroxyl groups excluding tert-OH is 1. The van der Waals surface area contributed by atoms with E-state index in [1.54, 1.807) is 0 Å². The highest BCUT2D eigenvalue weighted by Gasteiger charge is 2.30. The number of esters is 4. The van der Waals surface area contributed by atoms with E-state index in [0.29, 0.717) is 37.5 Å². The zero-order valence-corrected chi connectivity index (χ0v) is 59.8.